The van der Waals surface area contributed by atoms with Crippen molar-refractivity contribution in [3.63, 3.8) is 0 Å². The summed E-state index contributed by atoms with van der Waals surface area (Å²) in [5, 5.41) is 3.94. The Kier molecular flexibility index (Phi) is 7.88. The van der Waals surface area contributed by atoms with Gasteiger partial charge in [-0.15, -0.1) is 0 Å². The lowest BCUT2D eigenvalue weighted by Gasteiger charge is -2.33. The minimum atomic E-state index is -0.530. The molecular formula is C30H33N3O4S. The Bertz CT molecular complexity index is 1410. The maximum absolute atomic E-state index is 13.5. The van der Waals surface area contributed by atoms with E-state index in [1.165, 1.54) is 0 Å². The number of aromatic nitrogens is 2. The normalized spacial score (nSPS) is 16.6. The van der Waals surface area contributed by atoms with E-state index in [0.717, 1.165) is 41.8 Å². The van der Waals surface area contributed by atoms with Crippen molar-refractivity contribution in [2.24, 2.45) is 5.92 Å². The summed E-state index contributed by atoms with van der Waals surface area (Å²) in [6.07, 6.45) is 3.03. The van der Waals surface area contributed by atoms with Gasteiger partial charge < -0.3 is 19.8 Å². The van der Waals surface area contributed by atoms with E-state index in [2.05, 4.69) is 24.1 Å². The van der Waals surface area contributed by atoms with Crippen molar-refractivity contribution in [3.05, 3.63) is 86.8 Å². The summed E-state index contributed by atoms with van der Waals surface area (Å²) in [5.74, 6) is 2.66. The van der Waals surface area contributed by atoms with Crippen LogP contribution in [0.2, 0.25) is 0 Å². The summed E-state index contributed by atoms with van der Waals surface area (Å²) in [6.45, 7) is 4.76. The van der Waals surface area contributed by atoms with Crippen molar-refractivity contribution in [3.8, 4) is 11.5 Å². The molecule has 1 aliphatic carbocycles. The van der Waals surface area contributed by atoms with Gasteiger partial charge in [0.1, 0.15) is 12.4 Å². The first-order valence-corrected chi connectivity index (χ1v) is 14.1. The smallest absolute Gasteiger partial charge is 0.257 e. The molecule has 2 aliphatic rings. The highest BCUT2D eigenvalue weighted by Crippen LogP contribution is 2.45. The molecule has 0 spiro atoms. The number of fused-ring (bicyclic) bond motifs is 1. The number of ether oxygens (including phenoxy) is 2. The molecule has 2 aromatic carbocycles. The van der Waals surface area contributed by atoms with Crippen molar-refractivity contribution < 1.29 is 14.3 Å². The fraction of sp³-hybridized carbons (Fsp3) is 0.367. The van der Waals surface area contributed by atoms with Gasteiger partial charge in [-0.1, -0.05) is 62.0 Å². The number of nitrogens with one attached hydrogen (secondary N) is 2. The number of thioether (sulfide) groups is 1. The number of aromatic amines is 1. The standard InChI is InChI=1S/C30H33N3O4S/c1-18(2)14-15-38-30-32-28-27(29(35)33-30)25(26-21(31-28)10-7-11-22(26)34)20-12-13-23(24(16-20)36-3)37-17-19-8-5-4-6-9-19/h4-6,8-9,12-13,16,18,25H,7,10-11,14-15,17H2,1-3H3,(H2,31,32,33,35). The van der Waals surface area contributed by atoms with Crippen LogP contribution >= 0.6 is 11.8 Å². The van der Waals surface area contributed by atoms with Gasteiger partial charge >= 0.3 is 0 Å². The molecule has 7 nitrogen and oxygen atoms in total. The van der Waals surface area contributed by atoms with E-state index in [9.17, 15) is 9.59 Å². The molecule has 0 saturated carbocycles. The largest absolute Gasteiger partial charge is 0.493 e. The predicted octanol–water partition coefficient (Wildman–Crippen LogP) is 6.06. The van der Waals surface area contributed by atoms with Gasteiger partial charge in [-0.05, 0) is 48.4 Å². The van der Waals surface area contributed by atoms with Crippen molar-refractivity contribution in [1.29, 1.82) is 0 Å². The van der Waals surface area contributed by atoms with Gasteiger partial charge in [0, 0.05) is 29.4 Å². The number of rotatable bonds is 9. The Morgan fingerprint density at radius 1 is 1.08 bits per heavy atom. The first-order chi connectivity index (χ1) is 18.4. The zero-order chi connectivity index (χ0) is 26.6. The molecule has 1 unspecified atom stereocenters. The van der Waals surface area contributed by atoms with Gasteiger partial charge in [0.15, 0.2) is 22.4 Å². The molecule has 0 saturated heterocycles. The molecule has 2 heterocycles. The predicted molar refractivity (Wildman–Crippen MR) is 150 cm³/mol. The van der Waals surface area contributed by atoms with Crippen molar-refractivity contribution >= 4 is 23.4 Å². The average molecular weight is 532 g/mol. The van der Waals surface area contributed by atoms with Crippen LogP contribution in [0.5, 0.6) is 11.5 Å². The minimum Gasteiger partial charge on any atom is -0.493 e. The molecule has 38 heavy (non-hydrogen) atoms. The molecule has 1 atom stereocenters. The first kappa shape index (κ1) is 26.1. The van der Waals surface area contributed by atoms with Gasteiger partial charge in [-0.2, -0.15) is 0 Å². The van der Waals surface area contributed by atoms with Gasteiger partial charge in [-0.3, -0.25) is 9.59 Å². The summed E-state index contributed by atoms with van der Waals surface area (Å²) < 4.78 is 11.7. The van der Waals surface area contributed by atoms with Crippen LogP contribution in [-0.4, -0.2) is 28.6 Å². The molecule has 0 amide bonds. The number of H-pyrrole nitrogens is 1. The number of ketones is 1. The number of methoxy groups -OCH3 is 1. The topological polar surface area (TPSA) is 93.3 Å². The fourth-order valence-corrected chi connectivity index (χ4v) is 6.06. The molecule has 0 bridgehead atoms. The molecule has 0 radical (unpaired) electrons. The lowest BCUT2D eigenvalue weighted by molar-refractivity contribution is -0.116. The van der Waals surface area contributed by atoms with E-state index in [1.807, 2.05) is 48.5 Å². The van der Waals surface area contributed by atoms with Gasteiger partial charge in [0.2, 0.25) is 0 Å². The minimum absolute atomic E-state index is 0.0626. The quantitative estimate of drug-likeness (QED) is 0.256. The maximum atomic E-state index is 13.5. The molecule has 1 aromatic heterocycles. The summed E-state index contributed by atoms with van der Waals surface area (Å²) >= 11 is 1.55. The average Bonchev–Trinajstić information content (AvgIpc) is 2.91. The van der Waals surface area contributed by atoms with Crippen LogP contribution in [0, 0.1) is 5.92 Å². The zero-order valence-corrected chi connectivity index (χ0v) is 22.8. The van der Waals surface area contributed by atoms with Gasteiger partial charge in [0.25, 0.3) is 5.56 Å². The highest BCUT2D eigenvalue weighted by molar-refractivity contribution is 7.99. The van der Waals surface area contributed by atoms with Crippen LogP contribution in [0.1, 0.15) is 62.1 Å². The molecular weight excluding hydrogens is 498 g/mol. The van der Waals surface area contributed by atoms with Crippen LogP contribution in [0.4, 0.5) is 5.82 Å². The van der Waals surface area contributed by atoms with Gasteiger partial charge in [-0.25, -0.2) is 4.98 Å². The van der Waals surface area contributed by atoms with E-state index >= 15 is 0 Å². The van der Waals surface area contributed by atoms with Crippen LogP contribution in [-0.2, 0) is 11.4 Å². The number of hydrogen-bond donors (Lipinski definition) is 2. The Hall–Kier alpha value is -3.52. The number of Topliss-reactive ketones (excluding diaryl/α,β-unsaturated/α-hetero) is 1. The van der Waals surface area contributed by atoms with E-state index < -0.39 is 5.92 Å². The second-order valence-electron chi connectivity index (χ2n) is 10.1. The number of carbonyl (C=O) groups is 1. The van der Waals surface area contributed by atoms with E-state index in [0.29, 0.717) is 52.6 Å². The van der Waals surface area contributed by atoms with Gasteiger partial charge in [0.05, 0.1) is 12.7 Å². The highest BCUT2D eigenvalue weighted by Gasteiger charge is 2.38. The number of hydrogen-bond acceptors (Lipinski definition) is 7. The summed E-state index contributed by atoms with van der Waals surface area (Å²) in [5.41, 5.74) is 3.59. The number of anilines is 1. The second-order valence-corrected chi connectivity index (χ2v) is 11.2. The molecule has 3 aromatic rings. The molecule has 5 rings (SSSR count). The second kappa shape index (κ2) is 11.5. The van der Waals surface area contributed by atoms with E-state index in [1.54, 1.807) is 18.9 Å². The van der Waals surface area contributed by atoms with Crippen LogP contribution in [0.3, 0.4) is 0 Å². The monoisotopic (exact) mass is 531 g/mol. The summed E-state index contributed by atoms with van der Waals surface area (Å²) in [6, 6.07) is 15.6. The zero-order valence-electron chi connectivity index (χ0n) is 22.0. The Morgan fingerprint density at radius 2 is 1.89 bits per heavy atom. The summed E-state index contributed by atoms with van der Waals surface area (Å²) in [4.78, 5) is 34.4. The van der Waals surface area contributed by atoms with Crippen molar-refractivity contribution in [1.82, 2.24) is 9.97 Å². The van der Waals surface area contributed by atoms with E-state index in [4.69, 9.17) is 14.5 Å². The Morgan fingerprint density at radius 3 is 2.66 bits per heavy atom. The molecule has 1 aliphatic heterocycles. The van der Waals surface area contributed by atoms with Crippen molar-refractivity contribution in [2.45, 2.75) is 57.2 Å². The first-order valence-electron chi connectivity index (χ1n) is 13.1. The van der Waals surface area contributed by atoms with Crippen LogP contribution in [0.15, 0.2) is 69.8 Å². The van der Waals surface area contributed by atoms with Crippen LogP contribution in [0.25, 0.3) is 0 Å². The molecule has 0 fully saturated rings. The van der Waals surface area contributed by atoms with Crippen LogP contribution < -0.4 is 20.3 Å². The van der Waals surface area contributed by atoms with Crippen molar-refractivity contribution in [2.75, 3.05) is 18.2 Å². The van der Waals surface area contributed by atoms with E-state index in [-0.39, 0.29) is 11.3 Å². The lowest BCUT2D eigenvalue weighted by atomic mass is 9.76. The third-order valence-electron chi connectivity index (χ3n) is 6.93. The number of carbonyl (C=O) groups excluding carboxylic acids is 1. The Balaban J connectivity index is 1.52. The third-order valence-corrected chi connectivity index (χ3v) is 7.84. The SMILES string of the molecule is COc1cc(C2C3=C(CCCC3=O)Nc3nc(SCCC(C)C)[nH]c(=O)c32)ccc1OCc1ccccc1. The fourth-order valence-electron chi connectivity index (χ4n) is 4.95. The third kappa shape index (κ3) is 5.50. The number of allylic oxidation sites excluding steroid dienone is 2. The maximum Gasteiger partial charge on any atom is 0.257 e. The summed E-state index contributed by atoms with van der Waals surface area (Å²) in [7, 11) is 1.59. The molecule has 198 valence electrons. The Labute approximate surface area is 227 Å². The molecule has 2 N–H and O–H groups in total. The molecule has 8 heteroatoms. The highest BCUT2D eigenvalue weighted by atomic mass is 32.2. The number of benzene rings is 2. The number of nitrogens with zero attached hydrogens (tertiary/aromatic N) is 1. The lowest BCUT2D eigenvalue weighted by Crippen LogP contribution is -2.32.